The minimum Gasteiger partial charge on any atom is -0.399 e. The molecule has 6 N–H and O–H groups in total. The second kappa shape index (κ2) is 5.06. The van der Waals surface area contributed by atoms with Gasteiger partial charge >= 0.3 is 0 Å². The monoisotopic (exact) mass is 286 g/mol. The zero-order valence-electron chi connectivity index (χ0n) is 11.0. The number of anilines is 2. The fourth-order valence-electron chi connectivity index (χ4n) is 1.37. The Morgan fingerprint density at radius 1 is 1.32 bits per heavy atom. The van der Waals surface area contributed by atoms with Crippen molar-refractivity contribution in [2.75, 3.05) is 18.1 Å². The molecule has 0 fully saturated rings. The van der Waals surface area contributed by atoms with Crippen molar-refractivity contribution in [2.45, 2.75) is 24.3 Å². The lowest BCUT2D eigenvalue weighted by atomic mass is 10.0. The van der Waals surface area contributed by atoms with Crippen molar-refractivity contribution in [3.05, 3.63) is 18.2 Å². The van der Waals surface area contributed by atoms with Crippen LogP contribution in [-0.4, -0.2) is 26.9 Å². The van der Waals surface area contributed by atoms with Gasteiger partial charge in [0.15, 0.2) is 0 Å². The molecule has 1 rings (SSSR count). The standard InChI is InChI=1S/C11H18N4O3S/c1-11(2,10(13)16)15-8-5-4-7(12)6-9(8)19(17,18)14-3/h4-6,14-15H,12H2,1-3H3,(H2,13,16). The van der Waals surface area contributed by atoms with Gasteiger partial charge in [0, 0.05) is 5.69 Å². The number of carbonyl (C=O) groups is 1. The number of primary amides is 1. The van der Waals surface area contributed by atoms with Gasteiger partial charge < -0.3 is 16.8 Å². The maximum Gasteiger partial charge on any atom is 0.242 e. The summed E-state index contributed by atoms with van der Waals surface area (Å²) < 4.78 is 26.0. The third-order valence-electron chi connectivity index (χ3n) is 2.63. The lowest BCUT2D eigenvalue weighted by Crippen LogP contribution is -2.45. The van der Waals surface area contributed by atoms with E-state index in [-0.39, 0.29) is 10.6 Å². The van der Waals surface area contributed by atoms with E-state index >= 15 is 0 Å². The molecule has 0 saturated heterocycles. The van der Waals surface area contributed by atoms with Crippen LogP contribution in [0.3, 0.4) is 0 Å². The van der Waals surface area contributed by atoms with Crippen molar-refractivity contribution in [1.82, 2.24) is 4.72 Å². The molecule has 1 aromatic rings. The zero-order chi connectivity index (χ0) is 14.8. The normalized spacial score (nSPS) is 12.2. The van der Waals surface area contributed by atoms with Crippen molar-refractivity contribution in [2.24, 2.45) is 5.73 Å². The Morgan fingerprint density at radius 3 is 2.37 bits per heavy atom. The van der Waals surface area contributed by atoms with Crippen LogP contribution in [0.4, 0.5) is 11.4 Å². The zero-order valence-corrected chi connectivity index (χ0v) is 11.8. The molecular weight excluding hydrogens is 268 g/mol. The van der Waals surface area contributed by atoms with Gasteiger partial charge in [0.05, 0.1) is 5.69 Å². The maximum atomic E-state index is 11.9. The summed E-state index contributed by atoms with van der Waals surface area (Å²) in [6, 6.07) is 4.34. The highest BCUT2D eigenvalue weighted by Crippen LogP contribution is 2.26. The predicted octanol–water partition coefficient (Wildman–Crippen LogP) is -0.147. The number of carbonyl (C=O) groups excluding carboxylic acids is 1. The number of nitrogens with one attached hydrogen (secondary N) is 2. The van der Waals surface area contributed by atoms with Gasteiger partial charge in [0.2, 0.25) is 15.9 Å². The summed E-state index contributed by atoms with van der Waals surface area (Å²) in [7, 11) is -2.40. The minimum absolute atomic E-state index is 0.0377. The Hall–Kier alpha value is -1.80. The van der Waals surface area contributed by atoms with E-state index in [4.69, 9.17) is 11.5 Å². The summed E-state index contributed by atoms with van der Waals surface area (Å²) >= 11 is 0. The van der Waals surface area contributed by atoms with E-state index in [1.165, 1.54) is 25.2 Å². The molecule has 106 valence electrons. The molecule has 0 spiro atoms. The van der Waals surface area contributed by atoms with Crippen LogP contribution in [0.1, 0.15) is 13.8 Å². The van der Waals surface area contributed by atoms with Gasteiger partial charge in [-0.1, -0.05) is 0 Å². The number of amides is 1. The van der Waals surface area contributed by atoms with Gasteiger partial charge in [-0.05, 0) is 39.1 Å². The van der Waals surface area contributed by atoms with Crippen LogP contribution in [0.2, 0.25) is 0 Å². The van der Waals surface area contributed by atoms with Crippen molar-refractivity contribution in [1.29, 1.82) is 0 Å². The summed E-state index contributed by atoms with van der Waals surface area (Å²) in [5, 5.41) is 2.80. The van der Waals surface area contributed by atoms with E-state index in [0.29, 0.717) is 5.69 Å². The lowest BCUT2D eigenvalue weighted by Gasteiger charge is -2.25. The predicted molar refractivity (Wildman–Crippen MR) is 74.0 cm³/mol. The van der Waals surface area contributed by atoms with Crippen molar-refractivity contribution < 1.29 is 13.2 Å². The summed E-state index contributed by atoms with van der Waals surface area (Å²) in [5.41, 5.74) is 10.3. The highest BCUT2D eigenvalue weighted by atomic mass is 32.2. The Balaban J connectivity index is 3.34. The second-order valence-electron chi connectivity index (χ2n) is 4.58. The minimum atomic E-state index is -3.69. The number of nitrogens with two attached hydrogens (primary N) is 2. The maximum absolute atomic E-state index is 11.9. The largest absolute Gasteiger partial charge is 0.399 e. The molecule has 0 saturated carbocycles. The molecule has 8 heteroatoms. The third kappa shape index (κ3) is 3.36. The van der Waals surface area contributed by atoms with Crippen LogP contribution in [0, 0.1) is 0 Å². The number of hydrogen-bond acceptors (Lipinski definition) is 5. The van der Waals surface area contributed by atoms with E-state index in [2.05, 4.69) is 10.0 Å². The molecule has 19 heavy (non-hydrogen) atoms. The molecule has 0 aromatic heterocycles. The summed E-state index contributed by atoms with van der Waals surface area (Å²) in [5.74, 6) is -0.600. The second-order valence-corrected chi connectivity index (χ2v) is 6.43. The van der Waals surface area contributed by atoms with Crippen LogP contribution in [0.15, 0.2) is 23.1 Å². The van der Waals surface area contributed by atoms with E-state index in [9.17, 15) is 13.2 Å². The quantitative estimate of drug-likeness (QED) is 0.560. The van der Waals surface area contributed by atoms with E-state index in [1.54, 1.807) is 13.8 Å². The Bertz CT molecular complexity index is 596. The van der Waals surface area contributed by atoms with E-state index in [0.717, 1.165) is 0 Å². The Labute approximate surface area is 112 Å². The molecule has 0 aliphatic carbocycles. The van der Waals surface area contributed by atoms with Crippen LogP contribution < -0.4 is 21.5 Å². The molecule has 0 atom stereocenters. The molecule has 0 bridgehead atoms. The fourth-order valence-corrected chi connectivity index (χ4v) is 2.29. The van der Waals surface area contributed by atoms with Gasteiger partial charge in [-0.2, -0.15) is 0 Å². The molecule has 0 heterocycles. The number of sulfonamides is 1. The Kier molecular flexibility index (Phi) is 4.06. The molecule has 1 aromatic carbocycles. The summed E-state index contributed by atoms with van der Waals surface area (Å²) in [6.07, 6.45) is 0. The van der Waals surface area contributed by atoms with Crippen molar-refractivity contribution >= 4 is 27.3 Å². The highest BCUT2D eigenvalue weighted by molar-refractivity contribution is 7.89. The summed E-state index contributed by atoms with van der Waals surface area (Å²) in [6.45, 7) is 3.11. The van der Waals surface area contributed by atoms with Gasteiger partial charge in [-0.15, -0.1) is 0 Å². The average Bonchev–Trinajstić information content (AvgIpc) is 2.31. The van der Waals surface area contributed by atoms with Gasteiger partial charge in [-0.25, -0.2) is 13.1 Å². The number of hydrogen-bond donors (Lipinski definition) is 4. The SMILES string of the molecule is CNS(=O)(=O)c1cc(N)ccc1NC(C)(C)C(N)=O. The molecular formula is C11H18N4O3S. The van der Waals surface area contributed by atoms with Crippen LogP contribution in [0.5, 0.6) is 0 Å². The molecule has 1 amide bonds. The highest BCUT2D eigenvalue weighted by Gasteiger charge is 2.27. The van der Waals surface area contributed by atoms with Gasteiger partial charge in [0.25, 0.3) is 0 Å². The molecule has 0 unspecified atom stereocenters. The third-order valence-corrected chi connectivity index (χ3v) is 4.08. The van der Waals surface area contributed by atoms with Crippen LogP contribution in [0.25, 0.3) is 0 Å². The van der Waals surface area contributed by atoms with Crippen LogP contribution >= 0.6 is 0 Å². The summed E-state index contributed by atoms with van der Waals surface area (Å²) in [4.78, 5) is 11.3. The first-order valence-electron chi connectivity index (χ1n) is 5.51. The first-order chi connectivity index (χ1) is 8.60. The molecule has 0 aliphatic rings. The first kappa shape index (κ1) is 15.3. The lowest BCUT2D eigenvalue weighted by molar-refractivity contribution is -0.121. The molecule has 7 nitrogen and oxygen atoms in total. The average molecular weight is 286 g/mol. The van der Waals surface area contributed by atoms with Gasteiger partial charge in [0.1, 0.15) is 10.4 Å². The molecule has 0 aliphatic heterocycles. The molecule has 0 radical (unpaired) electrons. The van der Waals surface area contributed by atoms with Crippen molar-refractivity contribution in [3.63, 3.8) is 0 Å². The Morgan fingerprint density at radius 2 is 1.89 bits per heavy atom. The van der Waals surface area contributed by atoms with E-state index < -0.39 is 21.5 Å². The number of nitrogen functional groups attached to an aromatic ring is 1. The fraction of sp³-hybridized carbons (Fsp3) is 0.364. The number of rotatable bonds is 5. The van der Waals surface area contributed by atoms with Crippen LogP contribution in [-0.2, 0) is 14.8 Å². The topological polar surface area (TPSA) is 127 Å². The van der Waals surface area contributed by atoms with Crippen molar-refractivity contribution in [3.8, 4) is 0 Å². The van der Waals surface area contributed by atoms with E-state index in [1.807, 2.05) is 0 Å². The smallest absolute Gasteiger partial charge is 0.242 e. The van der Waals surface area contributed by atoms with Gasteiger partial charge in [-0.3, -0.25) is 4.79 Å². The number of benzene rings is 1. The first-order valence-corrected chi connectivity index (χ1v) is 6.99.